The SMILES string of the molecule is CCCn1nncc1C(CSC1CCCC1)NC. The molecule has 1 N–H and O–H groups in total. The van der Waals surface area contributed by atoms with Gasteiger partial charge in [-0.15, -0.1) is 5.10 Å². The summed E-state index contributed by atoms with van der Waals surface area (Å²) < 4.78 is 2.04. The van der Waals surface area contributed by atoms with Gasteiger partial charge in [0.05, 0.1) is 17.9 Å². The van der Waals surface area contributed by atoms with Gasteiger partial charge in [-0.2, -0.15) is 11.8 Å². The molecular formula is C13H24N4S. The smallest absolute Gasteiger partial charge is 0.0764 e. The van der Waals surface area contributed by atoms with Crippen LogP contribution in [0.1, 0.15) is 50.8 Å². The molecule has 1 saturated carbocycles. The molecule has 0 radical (unpaired) electrons. The molecule has 0 aliphatic heterocycles. The monoisotopic (exact) mass is 268 g/mol. The predicted molar refractivity (Wildman–Crippen MR) is 76.8 cm³/mol. The lowest BCUT2D eigenvalue weighted by Gasteiger charge is -2.18. The molecule has 0 spiro atoms. The van der Waals surface area contributed by atoms with E-state index in [1.807, 2.05) is 17.9 Å². The Morgan fingerprint density at radius 3 is 2.94 bits per heavy atom. The molecule has 1 heterocycles. The number of aromatic nitrogens is 3. The van der Waals surface area contributed by atoms with Crippen molar-refractivity contribution < 1.29 is 0 Å². The summed E-state index contributed by atoms with van der Waals surface area (Å²) in [4.78, 5) is 0. The van der Waals surface area contributed by atoms with Crippen LogP contribution in [0, 0.1) is 0 Å². The van der Waals surface area contributed by atoms with Gasteiger partial charge in [-0.25, -0.2) is 4.68 Å². The highest BCUT2D eigenvalue weighted by atomic mass is 32.2. The second kappa shape index (κ2) is 7.14. The number of rotatable bonds is 7. The van der Waals surface area contributed by atoms with Gasteiger partial charge >= 0.3 is 0 Å². The minimum absolute atomic E-state index is 0.372. The summed E-state index contributed by atoms with van der Waals surface area (Å²) in [6, 6.07) is 0.372. The number of nitrogens with zero attached hydrogens (tertiary/aromatic N) is 3. The van der Waals surface area contributed by atoms with E-state index in [9.17, 15) is 0 Å². The van der Waals surface area contributed by atoms with Crippen molar-refractivity contribution in [3.63, 3.8) is 0 Å². The van der Waals surface area contributed by atoms with Crippen molar-refractivity contribution in [2.24, 2.45) is 0 Å². The zero-order chi connectivity index (χ0) is 12.8. The average molecular weight is 268 g/mol. The summed E-state index contributed by atoms with van der Waals surface area (Å²) in [6.07, 6.45) is 8.63. The van der Waals surface area contributed by atoms with E-state index in [-0.39, 0.29) is 0 Å². The number of nitrogens with one attached hydrogen (secondary N) is 1. The second-order valence-electron chi connectivity index (χ2n) is 4.96. The molecule has 18 heavy (non-hydrogen) atoms. The first kappa shape index (κ1) is 13.9. The Morgan fingerprint density at radius 2 is 2.28 bits per heavy atom. The molecule has 1 aromatic rings. The molecule has 1 aromatic heterocycles. The number of aryl methyl sites for hydroxylation is 1. The van der Waals surface area contributed by atoms with E-state index in [0.717, 1.165) is 24.0 Å². The Hall–Kier alpha value is -0.550. The third kappa shape index (κ3) is 3.48. The van der Waals surface area contributed by atoms with Crippen molar-refractivity contribution in [3.8, 4) is 0 Å². The van der Waals surface area contributed by atoms with E-state index in [2.05, 4.69) is 34.3 Å². The quantitative estimate of drug-likeness (QED) is 0.825. The van der Waals surface area contributed by atoms with E-state index < -0.39 is 0 Å². The summed E-state index contributed by atoms with van der Waals surface area (Å²) in [5.41, 5.74) is 1.23. The number of hydrogen-bond donors (Lipinski definition) is 1. The van der Waals surface area contributed by atoms with E-state index in [1.54, 1.807) is 0 Å². The molecule has 1 atom stereocenters. The lowest BCUT2D eigenvalue weighted by molar-refractivity contribution is 0.514. The maximum Gasteiger partial charge on any atom is 0.0764 e. The van der Waals surface area contributed by atoms with Gasteiger partial charge in [0.25, 0.3) is 0 Å². The fourth-order valence-electron chi connectivity index (χ4n) is 2.53. The van der Waals surface area contributed by atoms with Crippen LogP contribution in [0.5, 0.6) is 0 Å². The van der Waals surface area contributed by atoms with Gasteiger partial charge in [-0.1, -0.05) is 25.0 Å². The summed E-state index contributed by atoms with van der Waals surface area (Å²) in [7, 11) is 2.03. The maximum atomic E-state index is 4.17. The van der Waals surface area contributed by atoms with Crippen LogP contribution in [-0.4, -0.2) is 33.0 Å². The predicted octanol–water partition coefficient (Wildman–Crippen LogP) is 2.62. The zero-order valence-corrected chi connectivity index (χ0v) is 12.2. The standard InChI is InChI=1S/C13H24N4S/c1-3-8-17-13(9-15-16-17)12(14-2)10-18-11-6-4-5-7-11/h9,11-12,14H,3-8,10H2,1-2H3. The average Bonchev–Trinajstić information content (AvgIpc) is 3.02. The number of hydrogen-bond acceptors (Lipinski definition) is 4. The number of thioether (sulfide) groups is 1. The normalized spacial score (nSPS) is 18.3. The van der Waals surface area contributed by atoms with Crippen molar-refractivity contribution in [2.75, 3.05) is 12.8 Å². The molecule has 4 nitrogen and oxygen atoms in total. The van der Waals surface area contributed by atoms with E-state index in [0.29, 0.717) is 6.04 Å². The Kier molecular flexibility index (Phi) is 5.50. The first-order valence-corrected chi connectivity index (χ1v) is 8.07. The van der Waals surface area contributed by atoms with E-state index >= 15 is 0 Å². The van der Waals surface area contributed by atoms with Crippen LogP contribution in [-0.2, 0) is 6.54 Å². The van der Waals surface area contributed by atoms with Crippen molar-refractivity contribution in [1.29, 1.82) is 0 Å². The molecule has 102 valence electrons. The molecule has 1 fully saturated rings. The lowest BCUT2D eigenvalue weighted by Crippen LogP contribution is -2.23. The van der Waals surface area contributed by atoms with Gasteiger partial charge in [0.1, 0.15) is 0 Å². The zero-order valence-electron chi connectivity index (χ0n) is 11.4. The largest absolute Gasteiger partial charge is 0.311 e. The first-order chi connectivity index (χ1) is 8.85. The highest BCUT2D eigenvalue weighted by Gasteiger charge is 2.20. The second-order valence-corrected chi connectivity index (χ2v) is 6.30. The van der Waals surface area contributed by atoms with Crippen LogP contribution in [0.3, 0.4) is 0 Å². The fourth-order valence-corrected chi connectivity index (χ4v) is 3.99. The molecule has 2 rings (SSSR count). The van der Waals surface area contributed by atoms with Crippen LogP contribution in [0.4, 0.5) is 0 Å². The van der Waals surface area contributed by atoms with Crippen molar-refractivity contribution in [3.05, 3.63) is 11.9 Å². The van der Waals surface area contributed by atoms with Crippen LogP contribution < -0.4 is 5.32 Å². The van der Waals surface area contributed by atoms with Crippen molar-refractivity contribution in [1.82, 2.24) is 20.3 Å². The van der Waals surface area contributed by atoms with Gasteiger partial charge in [0.15, 0.2) is 0 Å². The Morgan fingerprint density at radius 1 is 1.50 bits per heavy atom. The topological polar surface area (TPSA) is 42.7 Å². The van der Waals surface area contributed by atoms with Crippen LogP contribution in [0.15, 0.2) is 6.20 Å². The molecule has 0 amide bonds. The molecule has 0 aromatic carbocycles. The fraction of sp³-hybridized carbons (Fsp3) is 0.846. The summed E-state index contributed by atoms with van der Waals surface area (Å²) in [5.74, 6) is 1.12. The molecule has 5 heteroatoms. The minimum atomic E-state index is 0.372. The molecular weight excluding hydrogens is 244 g/mol. The first-order valence-electron chi connectivity index (χ1n) is 7.02. The summed E-state index contributed by atoms with van der Waals surface area (Å²) in [5, 5.41) is 12.5. The van der Waals surface area contributed by atoms with Gasteiger partial charge < -0.3 is 5.32 Å². The molecule has 1 unspecified atom stereocenters. The van der Waals surface area contributed by atoms with Gasteiger partial charge in [0, 0.05) is 17.5 Å². The van der Waals surface area contributed by atoms with Crippen LogP contribution in [0.25, 0.3) is 0 Å². The molecule has 1 aliphatic rings. The Bertz CT molecular complexity index is 347. The molecule has 1 aliphatic carbocycles. The third-order valence-electron chi connectivity index (χ3n) is 3.59. The van der Waals surface area contributed by atoms with Gasteiger partial charge in [-0.3, -0.25) is 0 Å². The Labute approximate surface area is 114 Å². The molecule has 0 bridgehead atoms. The van der Waals surface area contributed by atoms with E-state index in [1.165, 1.54) is 31.4 Å². The molecule has 0 saturated heterocycles. The highest BCUT2D eigenvalue weighted by Crippen LogP contribution is 2.31. The van der Waals surface area contributed by atoms with Gasteiger partial charge in [-0.05, 0) is 26.3 Å². The van der Waals surface area contributed by atoms with E-state index in [4.69, 9.17) is 0 Å². The minimum Gasteiger partial charge on any atom is -0.311 e. The van der Waals surface area contributed by atoms with Crippen LogP contribution in [0.2, 0.25) is 0 Å². The highest BCUT2D eigenvalue weighted by molar-refractivity contribution is 7.99. The van der Waals surface area contributed by atoms with Gasteiger partial charge in [0.2, 0.25) is 0 Å². The Balaban J connectivity index is 1.91. The maximum absolute atomic E-state index is 4.17. The summed E-state index contributed by atoms with van der Waals surface area (Å²) in [6.45, 7) is 3.13. The lowest BCUT2D eigenvalue weighted by atomic mass is 10.2. The van der Waals surface area contributed by atoms with Crippen LogP contribution >= 0.6 is 11.8 Å². The third-order valence-corrected chi connectivity index (χ3v) is 5.06. The summed E-state index contributed by atoms with van der Waals surface area (Å²) >= 11 is 2.11. The van der Waals surface area contributed by atoms with Crippen molar-refractivity contribution >= 4 is 11.8 Å². The van der Waals surface area contributed by atoms with Crippen molar-refractivity contribution in [2.45, 2.75) is 56.9 Å².